The van der Waals surface area contributed by atoms with Crippen molar-refractivity contribution < 1.29 is 23.0 Å². The van der Waals surface area contributed by atoms with Gasteiger partial charge in [0.05, 0.1) is 25.0 Å². The lowest BCUT2D eigenvalue weighted by Gasteiger charge is -2.27. The van der Waals surface area contributed by atoms with Gasteiger partial charge in [0.25, 0.3) is 5.91 Å². The zero-order valence-corrected chi connectivity index (χ0v) is 21.6. The van der Waals surface area contributed by atoms with E-state index in [2.05, 4.69) is 30.8 Å². The molecular weight excluding hydrogens is 506 g/mol. The fourth-order valence-corrected chi connectivity index (χ4v) is 4.53. The second-order valence-electron chi connectivity index (χ2n) is 9.48. The molecule has 1 aromatic heterocycles. The Bertz CT molecular complexity index is 1300. The topological polar surface area (TPSA) is 101 Å². The summed E-state index contributed by atoms with van der Waals surface area (Å²) in [6, 6.07) is 9.27. The van der Waals surface area contributed by atoms with E-state index in [1.807, 2.05) is 0 Å². The van der Waals surface area contributed by atoms with Gasteiger partial charge in [0.2, 0.25) is 5.95 Å². The summed E-state index contributed by atoms with van der Waals surface area (Å²) in [4.78, 5) is 23.7. The van der Waals surface area contributed by atoms with Crippen LogP contribution in [0.4, 0.5) is 20.4 Å². The van der Waals surface area contributed by atoms with Crippen molar-refractivity contribution in [2.24, 2.45) is 0 Å². The Hall–Kier alpha value is -3.83. The van der Waals surface area contributed by atoms with Crippen LogP contribution in [-0.2, 0) is 0 Å². The smallest absolute Gasteiger partial charge is 0.255 e. The third-order valence-corrected chi connectivity index (χ3v) is 6.66. The third-order valence-electron chi connectivity index (χ3n) is 6.66. The van der Waals surface area contributed by atoms with Crippen molar-refractivity contribution in [3.8, 4) is 22.8 Å². The number of rotatable bonds is 4. The highest BCUT2D eigenvalue weighted by Crippen LogP contribution is 2.30. The standard InChI is InChI=1S/C28H32F2N6O3/c29-22-7-4-19-16-25(22)39-15-3-1-2-14-38-24-17-20(34-28-33-18-23(30)26(19)35-28)5-6-21(24)27(37)32-10-13-36-11-8-31-9-12-36/h4-7,16-18,31H,1-3,8-15H2,(H,32,37)(H,33,34,35). The van der Waals surface area contributed by atoms with E-state index in [4.69, 9.17) is 9.47 Å². The molecule has 1 amide bonds. The van der Waals surface area contributed by atoms with Crippen molar-refractivity contribution in [1.29, 1.82) is 0 Å². The molecule has 206 valence electrons. The molecule has 2 aromatic carbocycles. The molecule has 6 bridgehead atoms. The number of anilines is 2. The van der Waals surface area contributed by atoms with Crippen molar-refractivity contribution in [2.75, 3.05) is 57.8 Å². The summed E-state index contributed by atoms with van der Waals surface area (Å²) in [5.74, 6) is -0.777. The van der Waals surface area contributed by atoms with Crippen molar-refractivity contribution in [3.63, 3.8) is 0 Å². The zero-order valence-electron chi connectivity index (χ0n) is 21.6. The number of carbonyl (C=O) groups excluding carboxylic acids is 1. The van der Waals surface area contributed by atoms with Gasteiger partial charge in [-0.15, -0.1) is 0 Å². The number of fused-ring (bicyclic) bond motifs is 7. The monoisotopic (exact) mass is 538 g/mol. The van der Waals surface area contributed by atoms with E-state index in [0.717, 1.165) is 51.8 Å². The van der Waals surface area contributed by atoms with Crippen LogP contribution in [0.3, 0.4) is 0 Å². The molecule has 0 unspecified atom stereocenters. The molecule has 5 rings (SSSR count). The van der Waals surface area contributed by atoms with Gasteiger partial charge in [0.15, 0.2) is 17.4 Å². The molecule has 11 heteroatoms. The molecule has 2 aliphatic rings. The van der Waals surface area contributed by atoms with Crippen LogP contribution in [0.25, 0.3) is 11.3 Å². The van der Waals surface area contributed by atoms with Gasteiger partial charge in [-0.05, 0) is 49.6 Å². The van der Waals surface area contributed by atoms with Gasteiger partial charge >= 0.3 is 0 Å². The fourth-order valence-electron chi connectivity index (χ4n) is 4.53. The normalized spacial score (nSPS) is 16.3. The van der Waals surface area contributed by atoms with Crippen LogP contribution in [0.1, 0.15) is 29.6 Å². The van der Waals surface area contributed by atoms with Crippen LogP contribution >= 0.6 is 0 Å². The highest BCUT2D eigenvalue weighted by atomic mass is 19.1. The van der Waals surface area contributed by atoms with Crippen LogP contribution < -0.4 is 25.4 Å². The number of ether oxygens (including phenoxy) is 2. The highest BCUT2D eigenvalue weighted by molar-refractivity contribution is 5.97. The highest BCUT2D eigenvalue weighted by Gasteiger charge is 2.17. The summed E-state index contributed by atoms with van der Waals surface area (Å²) in [7, 11) is 0. The first kappa shape index (κ1) is 26.8. The van der Waals surface area contributed by atoms with Gasteiger partial charge in [0.1, 0.15) is 11.4 Å². The summed E-state index contributed by atoms with van der Waals surface area (Å²) in [5.41, 5.74) is 1.39. The molecule has 1 saturated heterocycles. The first-order valence-electron chi connectivity index (χ1n) is 13.3. The largest absolute Gasteiger partial charge is 0.493 e. The molecular formula is C28H32F2N6O3. The van der Waals surface area contributed by atoms with Gasteiger partial charge < -0.3 is 25.4 Å². The van der Waals surface area contributed by atoms with Crippen LogP contribution in [0.15, 0.2) is 42.6 Å². The number of piperazine rings is 1. The van der Waals surface area contributed by atoms with Crippen LogP contribution in [0.2, 0.25) is 0 Å². The molecule has 0 saturated carbocycles. The summed E-state index contributed by atoms with van der Waals surface area (Å²) in [6.45, 7) is 5.84. The SMILES string of the molecule is O=C(NCCN1CCNCC1)c1ccc2cc1OCCCCCOc1cc(ccc1F)-c1nc(ncc1F)N2. The van der Waals surface area contributed by atoms with Gasteiger partial charge in [0, 0.05) is 56.6 Å². The van der Waals surface area contributed by atoms with Gasteiger partial charge in [-0.25, -0.2) is 18.7 Å². The molecule has 0 radical (unpaired) electrons. The average Bonchev–Trinajstić information content (AvgIpc) is 2.95. The maximum Gasteiger partial charge on any atom is 0.255 e. The average molecular weight is 539 g/mol. The van der Waals surface area contributed by atoms with Crippen molar-refractivity contribution >= 4 is 17.5 Å². The lowest BCUT2D eigenvalue weighted by Crippen LogP contribution is -2.46. The van der Waals surface area contributed by atoms with Gasteiger partial charge in [-0.1, -0.05) is 0 Å². The summed E-state index contributed by atoms with van der Waals surface area (Å²) in [6.07, 6.45) is 3.25. The fraction of sp³-hybridized carbons (Fsp3) is 0.393. The van der Waals surface area contributed by atoms with E-state index in [1.54, 1.807) is 18.2 Å². The number of nitrogens with one attached hydrogen (secondary N) is 3. The second kappa shape index (κ2) is 12.8. The lowest BCUT2D eigenvalue weighted by atomic mass is 10.1. The van der Waals surface area contributed by atoms with E-state index >= 15 is 0 Å². The predicted octanol–water partition coefficient (Wildman–Crippen LogP) is 3.74. The van der Waals surface area contributed by atoms with Crippen LogP contribution in [0.5, 0.6) is 11.5 Å². The molecule has 0 spiro atoms. The van der Waals surface area contributed by atoms with E-state index < -0.39 is 11.6 Å². The minimum Gasteiger partial charge on any atom is -0.493 e. The number of nitrogens with zero attached hydrogens (tertiary/aromatic N) is 3. The van der Waals surface area contributed by atoms with Crippen molar-refractivity contribution in [2.45, 2.75) is 19.3 Å². The van der Waals surface area contributed by atoms with Gasteiger partial charge in [-0.3, -0.25) is 9.69 Å². The summed E-state index contributed by atoms with van der Waals surface area (Å²) in [5, 5.41) is 9.37. The molecule has 3 N–H and O–H groups in total. The van der Waals surface area contributed by atoms with Crippen LogP contribution in [0, 0.1) is 11.6 Å². The Morgan fingerprint density at radius 1 is 0.974 bits per heavy atom. The van der Waals surface area contributed by atoms with E-state index in [1.165, 1.54) is 18.2 Å². The number of benzene rings is 2. The molecule has 0 atom stereocenters. The number of carbonyl (C=O) groups is 1. The number of hydrogen-bond acceptors (Lipinski definition) is 8. The second-order valence-corrected chi connectivity index (χ2v) is 9.48. The first-order chi connectivity index (χ1) is 19.1. The zero-order chi connectivity index (χ0) is 27.0. The Labute approximate surface area is 225 Å². The molecule has 39 heavy (non-hydrogen) atoms. The third kappa shape index (κ3) is 6.98. The van der Waals surface area contributed by atoms with E-state index in [9.17, 15) is 13.6 Å². The predicted molar refractivity (Wildman–Crippen MR) is 144 cm³/mol. The van der Waals surface area contributed by atoms with Crippen molar-refractivity contribution in [3.05, 3.63) is 59.8 Å². The quantitative estimate of drug-likeness (QED) is 0.462. The Kier molecular flexibility index (Phi) is 8.79. The molecule has 1 fully saturated rings. The van der Waals surface area contributed by atoms with E-state index in [-0.39, 0.29) is 23.3 Å². The molecule has 3 heterocycles. The molecule has 9 nitrogen and oxygen atoms in total. The summed E-state index contributed by atoms with van der Waals surface area (Å²) >= 11 is 0. The number of aromatic nitrogens is 2. The van der Waals surface area contributed by atoms with Gasteiger partial charge in [-0.2, -0.15) is 0 Å². The minimum atomic E-state index is -0.645. The number of halogens is 2. The molecule has 3 aromatic rings. The Balaban J connectivity index is 1.37. The number of amides is 1. The van der Waals surface area contributed by atoms with Crippen LogP contribution in [-0.4, -0.2) is 73.3 Å². The number of hydrogen-bond donors (Lipinski definition) is 3. The minimum absolute atomic E-state index is 0.0126. The lowest BCUT2D eigenvalue weighted by molar-refractivity contribution is 0.0943. The molecule has 2 aliphatic heterocycles. The first-order valence-corrected chi connectivity index (χ1v) is 13.3. The summed E-state index contributed by atoms with van der Waals surface area (Å²) < 4.78 is 40.6. The Morgan fingerprint density at radius 3 is 2.59 bits per heavy atom. The molecule has 0 aliphatic carbocycles. The Morgan fingerprint density at radius 2 is 1.77 bits per heavy atom. The van der Waals surface area contributed by atoms with Crippen molar-refractivity contribution in [1.82, 2.24) is 25.5 Å². The maximum absolute atomic E-state index is 14.7. The maximum atomic E-state index is 14.7. The van der Waals surface area contributed by atoms with E-state index in [0.29, 0.717) is 48.7 Å².